The fraction of sp³-hybridized carbons (Fsp3) is 0.429. The van der Waals surface area contributed by atoms with Crippen molar-refractivity contribution in [1.82, 2.24) is 10.3 Å². The fourth-order valence-electron chi connectivity index (χ4n) is 1.18. The Balaban J connectivity index is 2.33. The van der Waals surface area contributed by atoms with Gasteiger partial charge in [-0.1, -0.05) is 11.8 Å². The van der Waals surface area contributed by atoms with Crippen LogP contribution >= 0.6 is 0 Å². The van der Waals surface area contributed by atoms with Gasteiger partial charge in [-0.3, -0.25) is 0 Å². The Morgan fingerprint density at radius 1 is 1.53 bits per heavy atom. The Bertz CT molecular complexity index is 498. The molecule has 0 aliphatic heterocycles. The van der Waals surface area contributed by atoms with Gasteiger partial charge < -0.3 is 10.1 Å². The number of pyridine rings is 1. The number of aromatic nitrogens is 1. The number of alkyl carbamates (subject to hydrolysis) is 1. The number of hydrogen-bond acceptors (Lipinski definition) is 3. The number of nitrogens with one attached hydrogen (secondary N) is 1. The van der Waals surface area contributed by atoms with E-state index in [2.05, 4.69) is 22.1 Å². The summed E-state index contributed by atoms with van der Waals surface area (Å²) in [5.74, 6) is 4.83. The van der Waals surface area contributed by atoms with Gasteiger partial charge in [0, 0.05) is 19.2 Å². The molecule has 0 unspecified atom stereocenters. The molecule has 4 nitrogen and oxygen atoms in total. The van der Waals surface area contributed by atoms with E-state index in [1.165, 1.54) is 6.20 Å². The molecule has 1 N–H and O–H groups in total. The van der Waals surface area contributed by atoms with Gasteiger partial charge in [0.25, 0.3) is 0 Å². The van der Waals surface area contributed by atoms with Gasteiger partial charge in [0.15, 0.2) is 0 Å². The van der Waals surface area contributed by atoms with Crippen molar-refractivity contribution in [2.24, 2.45) is 0 Å². The zero-order chi connectivity index (χ0) is 14.3. The van der Waals surface area contributed by atoms with Crippen LogP contribution in [-0.2, 0) is 4.74 Å². The van der Waals surface area contributed by atoms with Crippen LogP contribution in [0.25, 0.3) is 0 Å². The minimum absolute atomic E-state index is 0.250. The summed E-state index contributed by atoms with van der Waals surface area (Å²) < 4.78 is 18.2. The third-order valence-electron chi connectivity index (χ3n) is 1.90. The fourth-order valence-corrected chi connectivity index (χ4v) is 1.18. The molecule has 0 fully saturated rings. The number of halogens is 1. The molecule has 1 aromatic rings. The molecule has 0 spiro atoms. The van der Waals surface area contributed by atoms with Gasteiger partial charge in [0.1, 0.15) is 5.60 Å². The molecule has 0 bridgehead atoms. The minimum Gasteiger partial charge on any atom is -0.444 e. The Hall–Kier alpha value is -2.09. The summed E-state index contributed by atoms with van der Waals surface area (Å²) >= 11 is 0. The van der Waals surface area contributed by atoms with E-state index in [0.29, 0.717) is 13.0 Å². The van der Waals surface area contributed by atoms with Crippen LogP contribution in [0.2, 0.25) is 0 Å². The average Bonchev–Trinajstić information content (AvgIpc) is 2.28. The summed E-state index contributed by atoms with van der Waals surface area (Å²) in [4.78, 5) is 14.8. The summed E-state index contributed by atoms with van der Waals surface area (Å²) in [7, 11) is 0. The molecular weight excluding hydrogens is 247 g/mol. The third kappa shape index (κ3) is 6.41. The maximum absolute atomic E-state index is 13.1. The lowest BCUT2D eigenvalue weighted by atomic mass is 10.2. The van der Waals surface area contributed by atoms with E-state index in [-0.39, 0.29) is 5.56 Å². The highest BCUT2D eigenvalue weighted by molar-refractivity contribution is 5.67. The van der Waals surface area contributed by atoms with E-state index in [4.69, 9.17) is 4.74 Å². The van der Waals surface area contributed by atoms with Crippen molar-refractivity contribution in [2.45, 2.75) is 32.8 Å². The van der Waals surface area contributed by atoms with Crippen LogP contribution in [0.15, 0.2) is 18.3 Å². The SMILES string of the molecule is CC(C)(C)OC(=O)NCCC#Cc1cccnc1F. The number of hydrogen-bond donors (Lipinski definition) is 1. The van der Waals surface area contributed by atoms with Crippen molar-refractivity contribution in [3.05, 3.63) is 29.8 Å². The largest absolute Gasteiger partial charge is 0.444 e. The van der Waals surface area contributed by atoms with Gasteiger partial charge in [-0.15, -0.1) is 0 Å². The molecule has 0 radical (unpaired) electrons. The normalized spacial score (nSPS) is 10.3. The zero-order valence-corrected chi connectivity index (χ0v) is 11.3. The Labute approximate surface area is 112 Å². The number of amides is 1. The van der Waals surface area contributed by atoms with E-state index in [9.17, 15) is 9.18 Å². The monoisotopic (exact) mass is 264 g/mol. The zero-order valence-electron chi connectivity index (χ0n) is 11.3. The lowest BCUT2D eigenvalue weighted by Gasteiger charge is -2.19. The predicted octanol–water partition coefficient (Wildman–Crippen LogP) is 2.49. The van der Waals surface area contributed by atoms with Gasteiger partial charge in [-0.25, -0.2) is 9.78 Å². The summed E-state index contributed by atoms with van der Waals surface area (Å²) in [6.45, 7) is 5.72. The second-order valence-electron chi connectivity index (χ2n) is 4.82. The molecule has 0 aliphatic carbocycles. The summed E-state index contributed by atoms with van der Waals surface area (Å²) in [5, 5.41) is 2.57. The third-order valence-corrected chi connectivity index (χ3v) is 1.90. The average molecular weight is 264 g/mol. The first kappa shape index (κ1) is 15.0. The van der Waals surface area contributed by atoms with Crippen molar-refractivity contribution in [3.63, 3.8) is 0 Å². The van der Waals surface area contributed by atoms with Crippen molar-refractivity contribution in [1.29, 1.82) is 0 Å². The van der Waals surface area contributed by atoms with Crippen molar-refractivity contribution < 1.29 is 13.9 Å². The maximum atomic E-state index is 13.1. The predicted molar refractivity (Wildman–Crippen MR) is 69.9 cm³/mol. The lowest BCUT2D eigenvalue weighted by molar-refractivity contribution is 0.0529. The highest BCUT2D eigenvalue weighted by Gasteiger charge is 2.15. The van der Waals surface area contributed by atoms with Crippen LogP contribution in [0.1, 0.15) is 32.8 Å². The molecule has 0 aromatic carbocycles. The second kappa shape index (κ2) is 6.74. The van der Waals surface area contributed by atoms with Gasteiger partial charge in [0.2, 0.25) is 5.95 Å². The van der Waals surface area contributed by atoms with E-state index in [0.717, 1.165) is 0 Å². The first-order chi connectivity index (χ1) is 8.88. The molecule has 5 heteroatoms. The van der Waals surface area contributed by atoms with Crippen LogP contribution in [0.5, 0.6) is 0 Å². The molecule has 1 rings (SSSR count). The molecule has 0 saturated heterocycles. The Morgan fingerprint density at radius 3 is 2.89 bits per heavy atom. The highest BCUT2D eigenvalue weighted by Crippen LogP contribution is 2.06. The van der Waals surface area contributed by atoms with Crippen molar-refractivity contribution in [2.75, 3.05) is 6.54 Å². The molecule has 19 heavy (non-hydrogen) atoms. The van der Waals surface area contributed by atoms with Gasteiger partial charge in [0.05, 0.1) is 5.56 Å². The van der Waals surface area contributed by atoms with Crippen molar-refractivity contribution >= 4 is 6.09 Å². The molecule has 0 aliphatic rings. The van der Waals surface area contributed by atoms with E-state index >= 15 is 0 Å². The summed E-state index contributed by atoms with van der Waals surface area (Å²) in [5.41, 5.74) is -0.269. The topological polar surface area (TPSA) is 51.2 Å². The second-order valence-corrected chi connectivity index (χ2v) is 4.82. The summed E-state index contributed by atoms with van der Waals surface area (Å²) in [6.07, 6.45) is 1.29. The number of carbonyl (C=O) groups is 1. The van der Waals surface area contributed by atoms with Crippen LogP contribution < -0.4 is 5.32 Å². The van der Waals surface area contributed by atoms with E-state index in [1.54, 1.807) is 32.9 Å². The Morgan fingerprint density at radius 2 is 2.26 bits per heavy atom. The molecular formula is C14H17FN2O2. The first-order valence-corrected chi connectivity index (χ1v) is 5.95. The van der Waals surface area contributed by atoms with Crippen LogP contribution in [0.4, 0.5) is 9.18 Å². The molecule has 1 aromatic heterocycles. The maximum Gasteiger partial charge on any atom is 0.407 e. The molecule has 0 saturated carbocycles. The molecule has 102 valence electrons. The quantitative estimate of drug-likeness (QED) is 0.507. The van der Waals surface area contributed by atoms with Crippen LogP contribution in [-0.4, -0.2) is 23.2 Å². The van der Waals surface area contributed by atoms with Gasteiger partial charge in [-0.2, -0.15) is 4.39 Å². The smallest absolute Gasteiger partial charge is 0.407 e. The van der Waals surface area contributed by atoms with E-state index in [1.807, 2.05) is 0 Å². The standard InChI is InChI=1S/C14H17FN2O2/c1-14(2,3)19-13(18)17-9-5-4-7-11-8-6-10-16-12(11)15/h6,8,10H,5,9H2,1-3H3,(H,17,18). The van der Waals surface area contributed by atoms with Crippen LogP contribution in [0.3, 0.4) is 0 Å². The molecule has 1 amide bonds. The van der Waals surface area contributed by atoms with E-state index < -0.39 is 17.6 Å². The minimum atomic E-state index is -0.588. The van der Waals surface area contributed by atoms with Gasteiger partial charge >= 0.3 is 6.09 Å². The number of ether oxygens (including phenoxy) is 1. The molecule has 1 heterocycles. The first-order valence-electron chi connectivity index (χ1n) is 5.95. The number of carbonyl (C=O) groups excluding carboxylic acids is 1. The van der Waals surface area contributed by atoms with Crippen molar-refractivity contribution in [3.8, 4) is 11.8 Å². The Kier molecular flexibility index (Phi) is 5.31. The number of nitrogens with zero attached hydrogens (tertiary/aromatic N) is 1. The molecule has 0 atom stereocenters. The lowest BCUT2D eigenvalue weighted by Crippen LogP contribution is -2.32. The van der Waals surface area contributed by atoms with Crippen LogP contribution in [0, 0.1) is 17.8 Å². The number of rotatable bonds is 2. The highest BCUT2D eigenvalue weighted by atomic mass is 19.1. The van der Waals surface area contributed by atoms with Gasteiger partial charge in [-0.05, 0) is 32.9 Å². The summed E-state index contributed by atoms with van der Waals surface area (Å²) in [6, 6.07) is 3.17.